The molecule has 8 heteroatoms. The molecule has 0 fully saturated rings. The zero-order chi connectivity index (χ0) is 14.5. The van der Waals surface area contributed by atoms with Crippen LogP contribution in [0.1, 0.15) is 5.56 Å². The molecule has 2 aromatic heterocycles. The van der Waals surface area contributed by atoms with E-state index in [0.717, 1.165) is 0 Å². The van der Waals surface area contributed by atoms with Crippen molar-refractivity contribution in [3.8, 4) is 6.07 Å². The lowest BCUT2D eigenvalue weighted by Gasteiger charge is -2.08. The van der Waals surface area contributed by atoms with E-state index in [-0.39, 0.29) is 5.16 Å². The van der Waals surface area contributed by atoms with Gasteiger partial charge in [0, 0.05) is 48.3 Å². The summed E-state index contributed by atoms with van der Waals surface area (Å²) in [6.45, 7) is 0. The van der Waals surface area contributed by atoms with Gasteiger partial charge in [-0.15, -0.1) is 0 Å². The molecule has 0 spiro atoms. The van der Waals surface area contributed by atoms with Crippen LogP contribution < -0.4 is 5.32 Å². The SMILES string of the molecule is Cn1ccc(Nc2nc([S+](C)[O-])ncc2/C=C/C#N)n1. The van der Waals surface area contributed by atoms with Gasteiger partial charge in [0.15, 0.2) is 5.82 Å². The first-order valence-electron chi connectivity index (χ1n) is 5.63. The second-order valence-corrected chi connectivity index (χ2v) is 5.15. The van der Waals surface area contributed by atoms with E-state index in [4.69, 9.17) is 5.26 Å². The summed E-state index contributed by atoms with van der Waals surface area (Å²) >= 11 is -1.28. The number of allylic oxidation sites excluding steroid dienone is 1. The molecule has 102 valence electrons. The average Bonchev–Trinajstić information content (AvgIpc) is 2.82. The van der Waals surface area contributed by atoms with Gasteiger partial charge in [-0.2, -0.15) is 20.3 Å². The first-order valence-corrected chi connectivity index (χ1v) is 7.19. The molecule has 0 saturated heterocycles. The Kier molecular flexibility index (Phi) is 4.34. The highest BCUT2D eigenvalue weighted by Crippen LogP contribution is 2.19. The van der Waals surface area contributed by atoms with Gasteiger partial charge in [0.25, 0.3) is 0 Å². The van der Waals surface area contributed by atoms with E-state index >= 15 is 0 Å². The minimum atomic E-state index is -1.28. The zero-order valence-electron chi connectivity index (χ0n) is 10.9. The molecule has 2 rings (SSSR count). The van der Waals surface area contributed by atoms with Crippen molar-refractivity contribution in [2.24, 2.45) is 7.05 Å². The first kappa shape index (κ1) is 14.0. The Morgan fingerprint density at radius 1 is 1.55 bits per heavy atom. The van der Waals surface area contributed by atoms with Crippen molar-refractivity contribution >= 4 is 28.9 Å². The predicted octanol–water partition coefficient (Wildman–Crippen LogP) is 1.23. The van der Waals surface area contributed by atoms with Crippen molar-refractivity contribution in [2.45, 2.75) is 5.16 Å². The molecule has 1 atom stereocenters. The number of nitriles is 1. The summed E-state index contributed by atoms with van der Waals surface area (Å²) in [5.74, 6) is 1.06. The van der Waals surface area contributed by atoms with Crippen molar-refractivity contribution in [2.75, 3.05) is 11.6 Å². The highest BCUT2D eigenvalue weighted by molar-refractivity contribution is 7.90. The molecule has 0 aliphatic heterocycles. The van der Waals surface area contributed by atoms with Gasteiger partial charge in [0.1, 0.15) is 12.1 Å². The fraction of sp³-hybridized carbons (Fsp3) is 0.167. The molecule has 0 aromatic carbocycles. The largest absolute Gasteiger partial charge is 0.609 e. The summed E-state index contributed by atoms with van der Waals surface area (Å²) in [6, 6.07) is 3.69. The van der Waals surface area contributed by atoms with E-state index < -0.39 is 11.2 Å². The van der Waals surface area contributed by atoms with E-state index in [9.17, 15) is 4.55 Å². The molecule has 2 heterocycles. The second kappa shape index (κ2) is 6.18. The van der Waals surface area contributed by atoms with Crippen LogP contribution in [0.15, 0.2) is 29.7 Å². The Morgan fingerprint density at radius 3 is 2.95 bits per heavy atom. The van der Waals surface area contributed by atoms with Gasteiger partial charge >= 0.3 is 5.16 Å². The number of anilines is 2. The fourth-order valence-electron chi connectivity index (χ4n) is 1.47. The maximum Gasteiger partial charge on any atom is 0.344 e. The predicted molar refractivity (Wildman–Crippen MR) is 75.5 cm³/mol. The van der Waals surface area contributed by atoms with E-state index in [1.165, 1.54) is 18.5 Å². The van der Waals surface area contributed by atoms with Crippen molar-refractivity contribution in [3.05, 3.63) is 30.1 Å². The third-order valence-electron chi connectivity index (χ3n) is 2.35. The maximum absolute atomic E-state index is 11.4. The van der Waals surface area contributed by atoms with Gasteiger partial charge in [0.2, 0.25) is 0 Å². The maximum atomic E-state index is 11.4. The van der Waals surface area contributed by atoms with Crippen LogP contribution in [0, 0.1) is 11.3 Å². The Balaban J connectivity index is 2.38. The van der Waals surface area contributed by atoms with E-state index in [2.05, 4.69) is 20.4 Å². The van der Waals surface area contributed by atoms with Gasteiger partial charge in [-0.1, -0.05) is 0 Å². The van der Waals surface area contributed by atoms with E-state index in [1.807, 2.05) is 6.07 Å². The van der Waals surface area contributed by atoms with Crippen LogP contribution in [0.3, 0.4) is 0 Å². The van der Waals surface area contributed by atoms with Gasteiger partial charge in [0.05, 0.1) is 6.07 Å². The normalized spacial score (nSPS) is 12.3. The average molecular weight is 288 g/mol. The Hall–Kier alpha value is -2.37. The molecule has 2 aromatic rings. The Morgan fingerprint density at radius 2 is 2.35 bits per heavy atom. The molecule has 0 bridgehead atoms. The Labute approximate surface area is 119 Å². The van der Waals surface area contributed by atoms with Crippen molar-refractivity contribution in [3.63, 3.8) is 0 Å². The molecular weight excluding hydrogens is 276 g/mol. The summed E-state index contributed by atoms with van der Waals surface area (Å²) in [4.78, 5) is 8.20. The third kappa shape index (κ3) is 3.34. The van der Waals surface area contributed by atoms with Gasteiger partial charge in [-0.3, -0.25) is 4.68 Å². The van der Waals surface area contributed by atoms with Crippen molar-refractivity contribution in [1.29, 1.82) is 5.26 Å². The fourth-order valence-corrected chi connectivity index (χ4v) is 1.89. The zero-order valence-corrected chi connectivity index (χ0v) is 11.8. The number of hydrogen-bond acceptors (Lipinski definition) is 6. The number of aryl methyl sites for hydroxylation is 1. The highest BCUT2D eigenvalue weighted by Gasteiger charge is 2.13. The summed E-state index contributed by atoms with van der Waals surface area (Å²) < 4.78 is 13.1. The number of hydrogen-bond donors (Lipinski definition) is 1. The molecule has 0 aliphatic rings. The topological polar surface area (TPSA) is 102 Å². The van der Waals surface area contributed by atoms with E-state index in [0.29, 0.717) is 17.2 Å². The minimum absolute atomic E-state index is 0.220. The molecule has 1 N–H and O–H groups in total. The van der Waals surface area contributed by atoms with Crippen LogP contribution >= 0.6 is 0 Å². The molecule has 0 amide bonds. The van der Waals surface area contributed by atoms with Crippen LogP contribution in [0.25, 0.3) is 6.08 Å². The lowest BCUT2D eigenvalue weighted by Crippen LogP contribution is -2.07. The van der Waals surface area contributed by atoms with Crippen LogP contribution in [0.4, 0.5) is 11.6 Å². The quantitative estimate of drug-likeness (QED) is 0.515. The van der Waals surface area contributed by atoms with Gasteiger partial charge < -0.3 is 9.87 Å². The molecule has 0 radical (unpaired) electrons. The number of nitrogens with one attached hydrogen (secondary N) is 1. The van der Waals surface area contributed by atoms with Crippen LogP contribution in [-0.2, 0) is 18.2 Å². The van der Waals surface area contributed by atoms with Gasteiger partial charge in [-0.05, 0) is 6.08 Å². The van der Waals surface area contributed by atoms with Crippen LogP contribution in [-0.4, -0.2) is 30.6 Å². The van der Waals surface area contributed by atoms with Crippen molar-refractivity contribution in [1.82, 2.24) is 19.7 Å². The lowest BCUT2D eigenvalue weighted by molar-refractivity contribution is 0.592. The summed E-state index contributed by atoms with van der Waals surface area (Å²) in [5.41, 5.74) is 0.617. The molecule has 20 heavy (non-hydrogen) atoms. The summed E-state index contributed by atoms with van der Waals surface area (Å²) in [5, 5.41) is 16.0. The van der Waals surface area contributed by atoms with Gasteiger partial charge in [-0.25, -0.2) is 0 Å². The molecule has 0 saturated carbocycles. The first-order chi connectivity index (χ1) is 9.60. The van der Waals surface area contributed by atoms with Crippen LogP contribution in [0.5, 0.6) is 0 Å². The molecule has 7 nitrogen and oxygen atoms in total. The van der Waals surface area contributed by atoms with E-state index in [1.54, 1.807) is 30.1 Å². The van der Waals surface area contributed by atoms with Crippen LogP contribution in [0.2, 0.25) is 0 Å². The molecule has 1 unspecified atom stereocenters. The monoisotopic (exact) mass is 288 g/mol. The Bertz CT molecular complexity index is 673. The second-order valence-electron chi connectivity index (χ2n) is 3.87. The molecule has 0 aliphatic carbocycles. The summed E-state index contributed by atoms with van der Waals surface area (Å²) in [6.07, 6.45) is 7.71. The standard InChI is InChI=1S/C12H12N6OS/c1-18-7-5-10(17-18)15-11-9(4-3-6-13)8-14-12(16-11)20(2)19/h3-5,7-8H,1-2H3,(H,14,15,16,17)/b4-3+. The lowest BCUT2D eigenvalue weighted by atomic mass is 10.3. The summed E-state index contributed by atoms with van der Waals surface area (Å²) in [7, 11) is 1.80. The number of nitrogens with zero attached hydrogens (tertiary/aromatic N) is 5. The smallest absolute Gasteiger partial charge is 0.344 e. The molecular formula is C12H12N6OS. The van der Waals surface area contributed by atoms with Crippen molar-refractivity contribution < 1.29 is 4.55 Å². The minimum Gasteiger partial charge on any atom is -0.609 e. The number of rotatable bonds is 4. The third-order valence-corrected chi connectivity index (χ3v) is 3.06. The number of aromatic nitrogens is 4. The highest BCUT2D eigenvalue weighted by atomic mass is 32.2.